The molecule has 0 saturated heterocycles. The monoisotopic (exact) mass is 353 g/mol. The lowest BCUT2D eigenvalue weighted by Crippen LogP contribution is -2.25. The first-order valence-electron chi connectivity index (χ1n) is 5.83. The highest BCUT2D eigenvalue weighted by molar-refractivity contribution is 8.13. The van der Waals surface area contributed by atoms with Crippen molar-refractivity contribution in [3.8, 4) is 0 Å². The number of carbonyl (C=O) groups is 1. The van der Waals surface area contributed by atoms with Crippen LogP contribution in [0.25, 0.3) is 0 Å². The predicted octanol–water partition coefficient (Wildman–Crippen LogP) is 2.89. The van der Waals surface area contributed by atoms with Gasteiger partial charge in [-0.15, -0.1) is 0 Å². The van der Waals surface area contributed by atoms with E-state index in [1.165, 1.54) is 0 Å². The largest absolute Gasteiger partial charge is 0.459 e. The van der Waals surface area contributed by atoms with Gasteiger partial charge < -0.3 is 4.74 Å². The lowest BCUT2D eigenvalue weighted by atomic mass is 9.96. The van der Waals surface area contributed by atoms with E-state index in [4.69, 9.17) is 27.0 Å². The van der Waals surface area contributed by atoms with Gasteiger partial charge >= 0.3 is 5.97 Å². The van der Waals surface area contributed by atoms with E-state index in [-0.39, 0.29) is 11.7 Å². The molecule has 0 aromatic heterocycles. The second-order valence-electron chi connectivity index (χ2n) is 4.46. The highest BCUT2D eigenvalue weighted by Crippen LogP contribution is 2.35. The Bertz CT molecular complexity index is 714. The number of nitro benzene ring substituents is 1. The Kier molecular flexibility index (Phi) is 4.40. The molecule has 1 aromatic carbocycles. The predicted molar refractivity (Wildman–Crippen MR) is 74.2 cm³/mol. The number of halogens is 2. The van der Waals surface area contributed by atoms with Gasteiger partial charge in [0.05, 0.1) is 10.5 Å². The first-order chi connectivity index (χ1) is 9.70. The first kappa shape index (κ1) is 16.0. The number of rotatable bonds is 4. The van der Waals surface area contributed by atoms with Gasteiger partial charge in [0, 0.05) is 16.7 Å². The van der Waals surface area contributed by atoms with E-state index in [9.17, 15) is 23.3 Å². The van der Waals surface area contributed by atoms with Gasteiger partial charge in [0.1, 0.15) is 16.0 Å². The summed E-state index contributed by atoms with van der Waals surface area (Å²) in [5.41, 5.74) is -1.00. The minimum Gasteiger partial charge on any atom is -0.459 e. The van der Waals surface area contributed by atoms with Gasteiger partial charge in [-0.3, -0.25) is 10.1 Å². The minimum atomic E-state index is -4.34. The Hall–Kier alpha value is -1.38. The van der Waals surface area contributed by atoms with E-state index in [2.05, 4.69) is 0 Å². The Morgan fingerprint density at radius 3 is 2.43 bits per heavy atom. The molecule has 1 fully saturated rings. The summed E-state index contributed by atoms with van der Waals surface area (Å²) in [4.78, 5) is 21.2. The Balaban J connectivity index is 2.48. The zero-order valence-electron chi connectivity index (χ0n) is 10.4. The maximum Gasteiger partial charge on any atom is 0.338 e. The van der Waals surface area contributed by atoms with Gasteiger partial charge in [-0.1, -0.05) is 11.6 Å². The molecule has 0 N–H and O–H groups in total. The molecule has 0 radical (unpaired) electrons. The van der Waals surface area contributed by atoms with Gasteiger partial charge in [-0.05, 0) is 25.3 Å². The number of hydrogen-bond acceptors (Lipinski definition) is 6. The van der Waals surface area contributed by atoms with Crippen LogP contribution in [0.5, 0.6) is 0 Å². The zero-order chi connectivity index (χ0) is 15.8. The van der Waals surface area contributed by atoms with Crippen LogP contribution in [0.15, 0.2) is 17.0 Å². The molecule has 0 amide bonds. The Morgan fingerprint density at radius 1 is 1.38 bits per heavy atom. The van der Waals surface area contributed by atoms with Crippen LogP contribution in [-0.4, -0.2) is 25.4 Å². The summed E-state index contributed by atoms with van der Waals surface area (Å²) in [6, 6.07) is 1.74. The van der Waals surface area contributed by atoms with Crippen molar-refractivity contribution in [1.82, 2.24) is 0 Å². The Morgan fingerprint density at radius 2 is 2.00 bits per heavy atom. The van der Waals surface area contributed by atoms with Crippen LogP contribution in [0.1, 0.15) is 29.6 Å². The van der Waals surface area contributed by atoms with E-state index in [1.807, 2.05) is 0 Å². The van der Waals surface area contributed by atoms with Crippen LogP contribution in [0.4, 0.5) is 5.69 Å². The molecule has 1 saturated carbocycles. The fourth-order valence-corrected chi connectivity index (χ4v) is 3.27. The van der Waals surface area contributed by atoms with Crippen LogP contribution in [0.3, 0.4) is 0 Å². The van der Waals surface area contributed by atoms with Crippen molar-refractivity contribution < 1.29 is 22.9 Å². The Labute approximate surface area is 129 Å². The molecule has 1 aromatic rings. The van der Waals surface area contributed by atoms with E-state index in [1.54, 1.807) is 0 Å². The topological polar surface area (TPSA) is 104 Å². The fraction of sp³-hybridized carbons (Fsp3) is 0.364. The van der Waals surface area contributed by atoms with Crippen LogP contribution in [0, 0.1) is 10.1 Å². The number of ether oxygens (including phenoxy) is 1. The molecule has 0 spiro atoms. The molecule has 7 nitrogen and oxygen atoms in total. The average molecular weight is 354 g/mol. The third-order valence-corrected chi connectivity index (χ3v) is 4.90. The molecule has 2 rings (SSSR count). The molecule has 0 atom stereocenters. The summed E-state index contributed by atoms with van der Waals surface area (Å²) < 4.78 is 27.9. The van der Waals surface area contributed by atoms with E-state index in [0.29, 0.717) is 12.8 Å². The highest BCUT2D eigenvalue weighted by Gasteiger charge is 2.29. The summed E-state index contributed by atoms with van der Waals surface area (Å²) in [6.07, 6.45) is 2.10. The van der Waals surface area contributed by atoms with Crippen molar-refractivity contribution in [3.63, 3.8) is 0 Å². The van der Waals surface area contributed by atoms with Crippen molar-refractivity contribution in [1.29, 1.82) is 0 Å². The second kappa shape index (κ2) is 5.78. The number of esters is 1. The molecule has 1 aliphatic rings. The molecule has 0 heterocycles. The van der Waals surface area contributed by atoms with Crippen LogP contribution < -0.4 is 0 Å². The molecule has 0 unspecified atom stereocenters. The second-order valence-corrected chi connectivity index (χ2v) is 7.37. The molecule has 21 heavy (non-hydrogen) atoms. The van der Waals surface area contributed by atoms with E-state index >= 15 is 0 Å². The molecule has 1 aliphatic carbocycles. The SMILES string of the molecule is O=C(OC1CCC1)c1cc([N+](=O)[O-])c(Cl)c(S(=O)(=O)Cl)c1. The highest BCUT2D eigenvalue weighted by atomic mass is 35.7. The lowest BCUT2D eigenvalue weighted by molar-refractivity contribution is -0.384. The molecular weight excluding hydrogens is 345 g/mol. The van der Waals surface area contributed by atoms with E-state index in [0.717, 1.165) is 18.6 Å². The van der Waals surface area contributed by atoms with Crippen LogP contribution in [-0.2, 0) is 13.8 Å². The van der Waals surface area contributed by atoms with Crippen molar-refractivity contribution in [3.05, 3.63) is 32.8 Å². The smallest absolute Gasteiger partial charge is 0.338 e. The quantitative estimate of drug-likeness (QED) is 0.356. The minimum absolute atomic E-state index is 0.247. The maximum absolute atomic E-state index is 11.9. The van der Waals surface area contributed by atoms with Gasteiger partial charge in [-0.25, -0.2) is 13.2 Å². The van der Waals surface area contributed by atoms with Gasteiger partial charge in [0.15, 0.2) is 0 Å². The summed E-state index contributed by atoms with van der Waals surface area (Å²) in [5.74, 6) is -0.846. The molecular formula is C11H9Cl2NO6S. The van der Waals surface area contributed by atoms with E-state index < -0.39 is 35.5 Å². The van der Waals surface area contributed by atoms with Crippen LogP contribution in [0.2, 0.25) is 5.02 Å². The van der Waals surface area contributed by atoms with Crippen molar-refractivity contribution in [2.24, 2.45) is 0 Å². The summed E-state index contributed by atoms with van der Waals surface area (Å²) in [6.45, 7) is 0. The number of nitrogens with zero attached hydrogens (tertiary/aromatic N) is 1. The number of nitro groups is 1. The average Bonchev–Trinajstić information content (AvgIpc) is 2.31. The molecule has 0 aliphatic heterocycles. The van der Waals surface area contributed by atoms with Crippen molar-refractivity contribution in [2.45, 2.75) is 30.3 Å². The summed E-state index contributed by atoms with van der Waals surface area (Å²) in [5, 5.41) is 10.3. The number of hydrogen-bond donors (Lipinski definition) is 0. The number of benzene rings is 1. The normalized spacial score (nSPS) is 15.3. The third kappa shape index (κ3) is 3.45. The van der Waals surface area contributed by atoms with Gasteiger partial charge in [0.25, 0.3) is 14.7 Å². The third-order valence-electron chi connectivity index (χ3n) is 3.04. The summed E-state index contributed by atoms with van der Waals surface area (Å²) >= 11 is 5.65. The zero-order valence-corrected chi connectivity index (χ0v) is 12.7. The lowest BCUT2D eigenvalue weighted by Gasteiger charge is -2.25. The van der Waals surface area contributed by atoms with Crippen molar-refractivity contribution in [2.75, 3.05) is 0 Å². The number of carbonyl (C=O) groups excluding carboxylic acids is 1. The van der Waals surface area contributed by atoms with Crippen molar-refractivity contribution >= 4 is 43.0 Å². The molecule has 0 bridgehead atoms. The summed E-state index contributed by atoms with van der Waals surface area (Å²) in [7, 11) is 0.837. The fourth-order valence-electron chi connectivity index (χ4n) is 1.72. The van der Waals surface area contributed by atoms with Gasteiger partial charge in [-0.2, -0.15) is 0 Å². The first-order valence-corrected chi connectivity index (χ1v) is 8.52. The van der Waals surface area contributed by atoms with Crippen LogP contribution >= 0.6 is 22.3 Å². The standard InChI is InChI=1S/C11H9Cl2NO6S/c12-10-8(14(16)17)4-6(5-9(10)21(13,18)19)11(15)20-7-2-1-3-7/h4-5,7H,1-3H2. The molecule has 10 heteroatoms. The van der Waals surface area contributed by atoms with Gasteiger partial charge in [0.2, 0.25) is 0 Å². The maximum atomic E-state index is 11.9. The molecule has 114 valence electrons.